The van der Waals surface area contributed by atoms with Crippen molar-refractivity contribution in [3.8, 4) is 0 Å². The molecule has 5 heteroatoms. The van der Waals surface area contributed by atoms with Gasteiger partial charge in [0.05, 0.1) is 19.3 Å². The summed E-state index contributed by atoms with van der Waals surface area (Å²) >= 11 is 0. The normalized spacial score (nSPS) is 26.5. The number of nitrogens with one attached hydrogen (secondary N) is 1. The Bertz CT molecular complexity index is 531. The second kappa shape index (κ2) is 7.11. The van der Waals surface area contributed by atoms with Gasteiger partial charge in [0.2, 0.25) is 0 Å². The minimum Gasteiger partial charge on any atom is -0.373 e. The van der Waals surface area contributed by atoms with E-state index in [0.29, 0.717) is 18.5 Å². The smallest absolute Gasteiger partial charge is 0.193 e. The van der Waals surface area contributed by atoms with E-state index in [1.165, 1.54) is 31.4 Å². The van der Waals surface area contributed by atoms with Crippen LogP contribution in [0.3, 0.4) is 0 Å². The SMILES string of the molecule is Cc1cccc(NC(N)=NCC2CN3CCCCC3CO2)c1. The standard InChI is InChI=1S/C17H26N4O/c1-13-5-4-6-14(9-13)20-17(18)19-10-16-11-21-8-3-2-7-15(21)12-22-16/h4-6,9,15-16H,2-3,7-8,10-12H2,1H3,(H3,18,19,20). The lowest BCUT2D eigenvalue weighted by atomic mass is 10.0. The molecule has 2 fully saturated rings. The van der Waals surface area contributed by atoms with Crippen molar-refractivity contribution in [1.29, 1.82) is 0 Å². The molecular weight excluding hydrogens is 276 g/mol. The van der Waals surface area contributed by atoms with Crippen LogP contribution in [-0.4, -0.2) is 49.2 Å². The van der Waals surface area contributed by atoms with Crippen molar-refractivity contribution in [3.05, 3.63) is 29.8 Å². The van der Waals surface area contributed by atoms with Crippen molar-refractivity contribution in [2.45, 2.75) is 38.3 Å². The number of anilines is 1. The Morgan fingerprint density at radius 3 is 3.23 bits per heavy atom. The Morgan fingerprint density at radius 1 is 1.45 bits per heavy atom. The molecule has 0 radical (unpaired) electrons. The lowest BCUT2D eigenvalue weighted by molar-refractivity contribution is -0.0702. The minimum atomic E-state index is 0.159. The largest absolute Gasteiger partial charge is 0.373 e. The summed E-state index contributed by atoms with van der Waals surface area (Å²) in [5.74, 6) is 0.454. The van der Waals surface area contributed by atoms with Gasteiger partial charge in [-0.1, -0.05) is 18.6 Å². The molecule has 3 rings (SSSR count). The number of hydrogen-bond acceptors (Lipinski definition) is 3. The third-order valence-electron chi connectivity index (χ3n) is 4.47. The summed E-state index contributed by atoms with van der Waals surface area (Å²) in [6.45, 7) is 5.69. The number of rotatable bonds is 3. The average molecular weight is 302 g/mol. The number of ether oxygens (including phenoxy) is 1. The molecule has 0 aliphatic carbocycles. The fourth-order valence-corrected chi connectivity index (χ4v) is 3.27. The number of guanidine groups is 1. The highest BCUT2D eigenvalue weighted by atomic mass is 16.5. The number of benzene rings is 1. The number of hydrogen-bond donors (Lipinski definition) is 2. The van der Waals surface area contributed by atoms with Crippen LogP contribution in [-0.2, 0) is 4.74 Å². The summed E-state index contributed by atoms with van der Waals surface area (Å²) < 4.78 is 5.94. The maximum atomic E-state index is 5.97. The van der Waals surface area contributed by atoms with Gasteiger partial charge in [-0.3, -0.25) is 9.89 Å². The molecule has 2 saturated heterocycles. The number of aliphatic imine (C=N–C) groups is 1. The van der Waals surface area contributed by atoms with Gasteiger partial charge in [0.25, 0.3) is 0 Å². The Kier molecular flexibility index (Phi) is 4.95. The molecule has 0 saturated carbocycles. The Hall–Kier alpha value is -1.59. The molecule has 2 atom stereocenters. The Morgan fingerprint density at radius 2 is 2.36 bits per heavy atom. The molecule has 120 valence electrons. The molecule has 2 aliphatic heterocycles. The fraction of sp³-hybridized carbons (Fsp3) is 0.588. The van der Waals surface area contributed by atoms with Crippen molar-refractivity contribution in [2.75, 3.05) is 31.6 Å². The third-order valence-corrected chi connectivity index (χ3v) is 4.47. The summed E-state index contributed by atoms with van der Waals surface area (Å²) in [6, 6.07) is 8.73. The highest BCUT2D eigenvalue weighted by Gasteiger charge is 2.30. The molecule has 1 aromatic rings. The van der Waals surface area contributed by atoms with E-state index in [1.807, 2.05) is 12.1 Å². The molecule has 5 nitrogen and oxygen atoms in total. The van der Waals surface area contributed by atoms with Gasteiger partial charge in [-0.2, -0.15) is 0 Å². The number of nitrogens with two attached hydrogens (primary N) is 1. The molecule has 2 heterocycles. The monoisotopic (exact) mass is 302 g/mol. The Labute approximate surface area is 132 Å². The molecule has 2 aliphatic rings. The first-order valence-electron chi connectivity index (χ1n) is 8.20. The van der Waals surface area contributed by atoms with Crippen LogP contribution in [0.15, 0.2) is 29.3 Å². The predicted molar refractivity (Wildman–Crippen MR) is 90.2 cm³/mol. The van der Waals surface area contributed by atoms with Crippen molar-refractivity contribution in [2.24, 2.45) is 10.7 Å². The van der Waals surface area contributed by atoms with E-state index in [9.17, 15) is 0 Å². The summed E-state index contributed by atoms with van der Waals surface area (Å²) in [4.78, 5) is 6.99. The zero-order chi connectivity index (χ0) is 15.4. The summed E-state index contributed by atoms with van der Waals surface area (Å²) in [5, 5.41) is 3.14. The van der Waals surface area contributed by atoms with E-state index in [2.05, 4.69) is 34.3 Å². The number of nitrogens with zero attached hydrogens (tertiary/aromatic N) is 2. The van der Waals surface area contributed by atoms with E-state index in [0.717, 1.165) is 18.8 Å². The highest BCUT2D eigenvalue weighted by Crippen LogP contribution is 2.22. The minimum absolute atomic E-state index is 0.159. The van der Waals surface area contributed by atoms with Crippen LogP contribution < -0.4 is 11.1 Å². The van der Waals surface area contributed by atoms with Gasteiger partial charge in [-0.05, 0) is 44.0 Å². The van der Waals surface area contributed by atoms with Crippen LogP contribution in [0, 0.1) is 6.92 Å². The maximum absolute atomic E-state index is 5.97. The van der Waals surface area contributed by atoms with Gasteiger partial charge in [0, 0.05) is 18.3 Å². The maximum Gasteiger partial charge on any atom is 0.193 e. The zero-order valence-corrected chi connectivity index (χ0v) is 13.3. The molecule has 0 amide bonds. The van der Waals surface area contributed by atoms with Crippen molar-refractivity contribution in [3.63, 3.8) is 0 Å². The summed E-state index contributed by atoms with van der Waals surface area (Å²) in [7, 11) is 0. The summed E-state index contributed by atoms with van der Waals surface area (Å²) in [6.07, 6.45) is 4.07. The van der Waals surface area contributed by atoms with Crippen molar-refractivity contribution in [1.82, 2.24) is 4.90 Å². The van der Waals surface area contributed by atoms with Gasteiger partial charge in [0.15, 0.2) is 5.96 Å². The van der Waals surface area contributed by atoms with Crippen LogP contribution >= 0.6 is 0 Å². The lowest BCUT2D eigenvalue weighted by Crippen LogP contribution is -2.52. The van der Waals surface area contributed by atoms with Crippen LogP contribution in [0.5, 0.6) is 0 Å². The van der Waals surface area contributed by atoms with E-state index in [-0.39, 0.29) is 6.10 Å². The second-order valence-corrected chi connectivity index (χ2v) is 6.32. The lowest BCUT2D eigenvalue weighted by Gasteiger charge is -2.42. The van der Waals surface area contributed by atoms with E-state index >= 15 is 0 Å². The number of piperidine rings is 1. The van der Waals surface area contributed by atoms with Gasteiger partial charge in [0.1, 0.15) is 0 Å². The quantitative estimate of drug-likeness (QED) is 0.662. The molecule has 1 aromatic carbocycles. The second-order valence-electron chi connectivity index (χ2n) is 6.32. The number of aryl methyl sites for hydroxylation is 1. The summed E-state index contributed by atoms with van der Waals surface area (Å²) in [5.41, 5.74) is 8.15. The van der Waals surface area contributed by atoms with E-state index in [4.69, 9.17) is 10.5 Å². The molecule has 2 unspecified atom stereocenters. The number of fused-ring (bicyclic) bond motifs is 1. The molecule has 22 heavy (non-hydrogen) atoms. The third kappa shape index (κ3) is 3.99. The van der Waals surface area contributed by atoms with Gasteiger partial charge >= 0.3 is 0 Å². The molecule has 0 aromatic heterocycles. The Balaban J connectivity index is 1.50. The first-order chi connectivity index (χ1) is 10.7. The van der Waals surface area contributed by atoms with E-state index in [1.54, 1.807) is 0 Å². The first kappa shape index (κ1) is 15.3. The predicted octanol–water partition coefficient (Wildman–Crippen LogP) is 1.97. The average Bonchev–Trinajstić information content (AvgIpc) is 2.53. The first-order valence-corrected chi connectivity index (χ1v) is 8.20. The van der Waals surface area contributed by atoms with Crippen LogP contribution in [0.1, 0.15) is 24.8 Å². The molecular formula is C17H26N4O. The van der Waals surface area contributed by atoms with Crippen molar-refractivity contribution >= 4 is 11.6 Å². The fourth-order valence-electron chi connectivity index (χ4n) is 3.27. The molecule has 0 bridgehead atoms. The van der Waals surface area contributed by atoms with Gasteiger partial charge in [-0.25, -0.2) is 0 Å². The highest BCUT2D eigenvalue weighted by molar-refractivity contribution is 5.92. The topological polar surface area (TPSA) is 62.9 Å². The van der Waals surface area contributed by atoms with Gasteiger partial charge in [-0.15, -0.1) is 0 Å². The van der Waals surface area contributed by atoms with Crippen molar-refractivity contribution < 1.29 is 4.74 Å². The van der Waals surface area contributed by atoms with Crippen LogP contribution in [0.2, 0.25) is 0 Å². The number of morpholine rings is 1. The molecule has 3 N–H and O–H groups in total. The van der Waals surface area contributed by atoms with Crippen LogP contribution in [0.25, 0.3) is 0 Å². The molecule has 0 spiro atoms. The van der Waals surface area contributed by atoms with E-state index < -0.39 is 0 Å². The van der Waals surface area contributed by atoms with Crippen LogP contribution in [0.4, 0.5) is 5.69 Å². The van der Waals surface area contributed by atoms with Gasteiger partial charge < -0.3 is 15.8 Å². The zero-order valence-electron chi connectivity index (χ0n) is 13.3.